The molecule has 0 spiro atoms. The van der Waals surface area contributed by atoms with Crippen molar-refractivity contribution in [2.75, 3.05) is 20.6 Å². The molecule has 1 aliphatic heterocycles. The van der Waals surface area contributed by atoms with Gasteiger partial charge in [0.1, 0.15) is 6.04 Å². The average molecular weight is 315 g/mol. The Morgan fingerprint density at radius 3 is 2.83 bits per heavy atom. The Morgan fingerprint density at radius 1 is 1.43 bits per heavy atom. The molecular weight excluding hydrogens is 298 g/mol. The van der Waals surface area contributed by atoms with E-state index in [4.69, 9.17) is 4.52 Å². The standard InChI is InChI=1S/C15H17N5O3/c1-19(14(21)11-8-20(2)15(22)16-11)9-12-17-13(18-23-12)10-6-4-3-5-7-10/h3-7,11H,8-9H2,1-2H3,(H,16,22)/t11-/m1/s1. The lowest BCUT2D eigenvalue weighted by Crippen LogP contribution is -2.43. The predicted molar refractivity (Wildman–Crippen MR) is 81.2 cm³/mol. The molecule has 1 aromatic carbocycles. The van der Waals surface area contributed by atoms with Gasteiger partial charge in [-0.2, -0.15) is 4.98 Å². The molecule has 23 heavy (non-hydrogen) atoms. The number of carbonyl (C=O) groups is 2. The third kappa shape index (κ3) is 3.15. The van der Waals surface area contributed by atoms with Gasteiger partial charge in [0.05, 0.1) is 13.1 Å². The number of amides is 3. The Kier molecular flexibility index (Phi) is 3.96. The highest BCUT2D eigenvalue weighted by molar-refractivity contribution is 5.90. The first-order valence-corrected chi connectivity index (χ1v) is 7.19. The van der Waals surface area contributed by atoms with E-state index < -0.39 is 6.04 Å². The van der Waals surface area contributed by atoms with E-state index in [1.54, 1.807) is 14.1 Å². The highest BCUT2D eigenvalue weighted by atomic mass is 16.5. The molecular formula is C15H17N5O3. The molecule has 2 aromatic rings. The molecule has 2 heterocycles. The molecule has 1 aromatic heterocycles. The molecule has 1 fully saturated rings. The van der Waals surface area contributed by atoms with Crippen LogP contribution < -0.4 is 5.32 Å². The second-order valence-electron chi connectivity index (χ2n) is 5.45. The zero-order valence-corrected chi connectivity index (χ0v) is 12.9. The lowest BCUT2D eigenvalue weighted by atomic mass is 10.2. The summed E-state index contributed by atoms with van der Waals surface area (Å²) in [4.78, 5) is 31.0. The van der Waals surface area contributed by atoms with Gasteiger partial charge in [-0.25, -0.2) is 4.79 Å². The number of likely N-dealkylation sites (N-methyl/N-ethyl adjacent to an activating group) is 2. The van der Waals surface area contributed by atoms with Crippen LogP contribution in [0.3, 0.4) is 0 Å². The van der Waals surface area contributed by atoms with Crippen LogP contribution in [0.2, 0.25) is 0 Å². The van der Waals surface area contributed by atoms with Crippen LogP contribution in [0.15, 0.2) is 34.9 Å². The second-order valence-corrected chi connectivity index (χ2v) is 5.45. The van der Waals surface area contributed by atoms with Gasteiger partial charge in [0.2, 0.25) is 17.6 Å². The first-order chi connectivity index (χ1) is 11.0. The van der Waals surface area contributed by atoms with Crippen LogP contribution in [0, 0.1) is 0 Å². The van der Waals surface area contributed by atoms with Crippen LogP contribution in [0.1, 0.15) is 5.89 Å². The summed E-state index contributed by atoms with van der Waals surface area (Å²) in [6.45, 7) is 0.538. The summed E-state index contributed by atoms with van der Waals surface area (Å²) in [6.07, 6.45) is 0. The fourth-order valence-electron chi connectivity index (χ4n) is 2.37. The molecule has 1 atom stereocenters. The molecule has 1 N–H and O–H groups in total. The quantitative estimate of drug-likeness (QED) is 0.897. The molecule has 8 heteroatoms. The van der Waals surface area contributed by atoms with E-state index in [2.05, 4.69) is 15.5 Å². The Balaban J connectivity index is 1.64. The predicted octanol–water partition coefficient (Wildman–Crippen LogP) is 0.719. The van der Waals surface area contributed by atoms with E-state index in [-0.39, 0.29) is 18.5 Å². The van der Waals surface area contributed by atoms with Crippen molar-refractivity contribution >= 4 is 11.9 Å². The highest BCUT2D eigenvalue weighted by Gasteiger charge is 2.33. The van der Waals surface area contributed by atoms with Crippen LogP contribution in [0.4, 0.5) is 4.79 Å². The third-order valence-corrected chi connectivity index (χ3v) is 3.65. The fourth-order valence-corrected chi connectivity index (χ4v) is 2.37. The molecule has 1 saturated heterocycles. The van der Waals surface area contributed by atoms with Crippen LogP contribution >= 0.6 is 0 Å². The Bertz CT molecular complexity index is 715. The molecule has 0 aliphatic carbocycles. The second kappa shape index (κ2) is 6.07. The maximum absolute atomic E-state index is 12.3. The van der Waals surface area contributed by atoms with Crippen molar-refractivity contribution < 1.29 is 14.1 Å². The normalized spacial score (nSPS) is 17.2. The van der Waals surface area contributed by atoms with Crippen molar-refractivity contribution in [1.82, 2.24) is 25.3 Å². The first-order valence-electron chi connectivity index (χ1n) is 7.19. The molecule has 0 radical (unpaired) electrons. The average Bonchev–Trinajstić information content (AvgIpc) is 3.15. The van der Waals surface area contributed by atoms with Gasteiger partial charge in [0, 0.05) is 19.7 Å². The van der Waals surface area contributed by atoms with E-state index >= 15 is 0 Å². The van der Waals surface area contributed by atoms with E-state index in [0.717, 1.165) is 5.56 Å². The molecule has 3 amide bonds. The summed E-state index contributed by atoms with van der Waals surface area (Å²) >= 11 is 0. The molecule has 3 rings (SSSR count). The first kappa shape index (κ1) is 15.0. The van der Waals surface area contributed by atoms with Crippen molar-refractivity contribution in [3.63, 3.8) is 0 Å². The van der Waals surface area contributed by atoms with Gasteiger partial charge in [0.25, 0.3) is 0 Å². The lowest BCUT2D eigenvalue weighted by Gasteiger charge is -2.18. The smallest absolute Gasteiger partial charge is 0.317 e. The molecule has 120 valence electrons. The summed E-state index contributed by atoms with van der Waals surface area (Å²) in [6, 6.07) is 8.65. The number of hydrogen-bond acceptors (Lipinski definition) is 5. The largest absolute Gasteiger partial charge is 0.337 e. The minimum atomic E-state index is -0.547. The fraction of sp³-hybridized carbons (Fsp3) is 0.333. The number of hydrogen-bond donors (Lipinski definition) is 1. The van der Waals surface area contributed by atoms with Crippen molar-refractivity contribution in [2.24, 2.45) is 0 Å². The summed E-state index contributed by atoms with van der Waals surface area (Å²) in [7, 11) is 3.28. The molecule has 0 unspecified atom stereocenters. The number of benzene rings is 1. The van der Waals surface area contributed by atoms with Crippen LogP contribution in [-0.2, 0) is 11.3 Å². The number of carbonyl (C=O) groups excluding carboxylic acids is 2. The zero-order valence-electron chi connectivity index (χ0n) is 12.9. The van der Waals surface area contributed by atoms with Gasteiger partial charge in [-0.1, -0.05) is 35.5 Å². The van der Waals surface area contributed by atoms with Crippen LogP contribution in [0.5, 0.6) is 0 Å². The minimum Gasteiger partial charge on any atom is -0.337 e. The minimum absolute atomic E-state index is 0.189. The van der Waals surface area contributed by atoms with Crippen molar-refractivity contribution in [3.05, 3.63) is 36.2 Å². The van der Waals surface area contributed by atoms with Gasteiger partial charge in [-0.15, -0.1) is 0 Å². The summed E-state index contributed by atoms with van der Waals surface area (Å²) in [5, 5.41) is 6.55. The maximum Gasteiger partial charge on any atom is 0.317 e. The van der Waals surface area contributed by atoms with Gasteiger partial charge in [-0.3, -0.25) is 4.79 Å². The number of urea groups is 1. The number of nitrogens with zero attached hydrogens (tertiary/aromatic N) is 4. The van der Waals surface area contributed by atoms with Crippen LogP contribution in [0.25, 0.3) is 11.4 Å². The summed E-state index contributed by atoms with van der Waals surface area (Å²) < 4.78 is 5.19. The summed E-state index contributed by atoms with van der Waals surface area (Å²) in [5.74, 6) is 0.634. The van der Waals surface area contributed by atoms with Gasteiger partial charge >= 0.3 is 6.03 Å². The lowest BCUT2D eigenvalue weighted by molar-refractivity contribution is -0.132. The Labute approximate surface area is 133 Å². The van der Waals surface area contributed by atoms with Crippen molar-refractivity contribution in [2.45, 2.75) is 12.6 Å². The van der Waals surface area contributed by atoms with Gasteiger partial charge < -0.3 is 19.6 Å². The van der Waals surface area contributed by atoms with E-state index in [1.165, 1.54) is 9.80 Å². The Morgan fingerprint density at radius 2 is 2.17 bits per heavy atom. The van der Waals surface area contributed by atoms with Crippen LogP contribution in [-0.4, -0.2) is 58.6 Å². The Hall–Kier alpha value is -2.90. The number of aromatic nitrogens is 2. The number of rotatable bonds is 4. The van der Waals surface area contributed by atoms with E-state index in [9.17, 15) is 9.59 Å². The monoisotopic (exact) mass is 315 g/mol. The molecule has 8 nitrogen and oxygen atoms in total. The third-order valence-electron chi connectivity index (χ3n) is 3.65. The van der Waals surface area contributed by atoms with E-state index in [1.807, 2.05) is 30.3 Å². The highest BCUT2D eigenvalue weighted by Crippen LogP contribution is 2.15. The zero-order chi connectivity index (χ0) is 16.4. The molecule has 0 saturated carbocycles. The topological polar surface area (TPSA) is 91.6 Å². The maximum atomic E-state index is 12.3. The summed E-state index contributed by atoms with van der Waals surface area (Å²) in [5.41, 5.74) is 0.848. The molecule has 1 aliphatic rings. The number of nitrogens with one attached hydrogen (secondary N) is 1. The van der Waals surface area contributed by atoms with Crippen molar-refractivity contribution in [1.29, 1.82) is 0 Å². The SMILES string of the molecule is CN1C[C@H](C(=O)N(C)Cc2nc(-c3ccccc3)no2)NC1=O. The van der Waals surface area contributed by atoms with Crippen molar-refractivity contribution in [3.8, 4) is 11.4 Å². The van der Waals surface area contributed by atoms with Gasteiger partial charge in [0.15, 0.2) is 0 Å². The van der Waals surface area contributed by atoms with E-state index in [0.29, 0.717) is 18.3 Å². The molecule has 0 bridgehead atoms. The van der Waals surface area contributed by atoms with Gasteiger partial charge in [-0.05, 0) is 0 Å².